The minimum Gasteiger partial charge on any atom is -0.466 e. The van der Waals surface area contributed by atoms with Gasteiger partial charge in [0, 0.05) is 19.3 Å². The molecule has 0 heterocycles. The summed E-state index contributed by atoms with van der Waals surface area (Å²) < 4.78 is 23.3. The van der Waals surface area contributed by atoms with Crippen LogP contribution in [-0.4, -0.2) is 62.9 Å². The second kappa shape index (κ2) is 34.4. The monoisotopic (exact) mass is 580 g/mol. The second-order valence-electron chi connectivity index (χ2n) is 8.49. The first-order chi connectivity index (χ1) is 18.7. The highest BCUT2D eigenvalue weighted by molar-refractivity contribution is 5.75. The summed E-state index contributed by atoms with van der Waals surface area (Å²) in [6.07, 6.45) is 3.13. The van der Waals surface area contributed by atoms with Crippen molar-refractivity contribution < 1.29 is 47.7 Å². The number of hydrogen-bond donors (Lipinski definition) is 0. The lowest BCUT2D eigenvalue weighted by Crippen LogP contribution is -2.25. The Morgan fingerprint density at radius 3 is 1.00 bits per heavy atom. The quantitative estimate of drug-likeness (QED) is 0.187. The van der Waals surface area contributed by atoms with E-state index in [0.717, 1.165) is 12.8 Å². The summed E-state index contributed by atoms with van der Waals surface area (Å²) in [6.45, 7) is 26.4. The number of carbonyl (C=O) groups is 5. The molecule has 0 amide bonds. The molecule has 0 aromatic rings. The van der Waals surface area contributed by atoms with E-state index in [9.17, 15) is 24.0 Å². The Morgan fingerprint density at radius 1 is 0.525 bits per heavy atom. The van der Waals surface area contributed by atoms with Crippen LogP contribution in [0, 0.1) is 11.3 Å². The van der Waals surface area contributed by atoms with Crippen LogP contribution in [0.4, 0.5) is 0 Å². The van der Waals surface area contributed by atoms with Crippen LogP contribution in [-0.2, 0) is 47.7 Å². The van der Waals surface area contributed by atoms with Gasteiger partial charge in [0.05, 0.1) is 44.4 Å². The Hall–Kier alpha value is -2.65. The maximum absolute atomic E-state index is 11.1. The van der Waals surface area contributed by atoms with Crippen LogP contribution in [0.15, 0.2) is 0 Å². The molecule has 0 radical (unpaired) electrons. The number of rotatable bonds is 12. The average Bonchev–Trinajstić information content (AvgIpc) is 2.94. The molecular formula is C30H60O10. The predicted octanol–water partition coefficient (Wildman–Crippen LogP) is 6.46. The third kappa shape index (κ3) is 37.5. The molecule has 40 heavy (non-hydrogen) atoms. The molecule has 10 nitrogen and oxygen atoms in total. The molecule has 0 aliphatic heterocycles. The van der Waals surface area contributed by atoms with Gasteiger partial charge in [0.25, 0.3) is 0 Å². The number of esters is 5. The van der Waals surface area contributed by atoms with E-state index in [1.807, 2.05) is 48.5 Å². The summed E-state index contributed by atoms with van der Waals surface area (Å²) in [7, 11) is 0. The molecular weight excluding hydrogens is 520 g/mol. The van der Waals surface area contributed by atoms with Gasteiger partial charge in [-0.3, -0.25) is 24.0 Å². The van der Waals surface area contributed by atoms with Gasteiger partial charge < -0.3 is 23.7 Å². The molecule has 10 heteroatoms. The lowest BCUT2D eigenvalue weighted by atomic mass is 9.91. The van der Waals surface area contributed by atoms with Gasteiger partial charge in [0.2, 0.25) is 0 Å². The molecule has 1 unspecified atom stereocenters. The van der Waals surface area contributed by atoms with E-state index < -0.39 is 0 Å². The van der Waals surface area contributed by atoms with Crippen molar-refractivity contribution in [2.75, 3.05) is 33.0 Å². The maximum atomic E-state index is 11.1. The van der Waals surface area contributed by atoms with Crippen molar-refractivity contribution in [1.29, 1.82) is 0 Å². The standard InChI is InChI=1S/C8H16O2.C7H14O2.3C5H10O2/c1-5-8(3,4)7(9)10-6-2;1-4-6(3)7(8)9-5-2;3*1-3-5(6)7-4-2/h5-6H2,1-4H3;6H,4-5H2,1-3H3;3*3-4H2,1-2H3. The first kappa shape index (κ1) is 47.2. The van der Waals surface area contributed by atoms with Crippen LogP contribution in [0.3, 0.4) is 0 Å². The fraction of sp³-hybridized carbons (Fsp3) is 0.833. The molecule has 0 N–H and O–H groups in total. The number of hydrogen-bond acceptors (Lipinski definition) is 10. The van der Waals surface area contributed by atoms with E-state index >= 15 is 0 Å². The van der Waals surface area contributed by atoms with E-state index in [2.05, 4.69) is 14.2 Å². The van der Waals surface area contributed by atoms with Crippen LogP contribution in [0.1, 0.15) is 122 Å². The Labute approximate surface area is 244 Å². The molecule has 0 rings (SSSR count). The average molecular weight is 581 g/mol. The van der Waals surface area contributed by atoms with Crippen LogP contribution in [0.25, 0.3) is 0 Å². The molecule has 0 spiro atoms. The summed E-state index contributed by atoms with van der Waals surface area (Å²) in [5.41, 5.74) is -0.310. The Morgan fingerprint density at radius 2 is 0.825 bits per heavy atom. The Bertz CT molecular complexity index is 587. The molecule has 0 aromatic heterocycles. The van der Waals surface area contributed by atoms with Gasteiger partial charge in [0.1, 0.15) is 0 Å². The minimum atomic E-state index is -0.310. The zero-order valence-electron chi connectivity index (χ0n) is 27.7. The summed E-state index contributed by atoms with van der Waals surface area (Å²) in [4.78, 5) is 52.4. The van der Waals surface area contributed by atoms with E-state index in [0.29, 0.717) is 52.3 Å². The fourth-order valence-corrected chi connectivity index (χ4v) is 1.71. The molecule has 0 bridgehead atoms. The molecule has 240 valence electrons. The molecule has 0 saturated heterocycles. The molecule has 0 fully saturated rings. The highest BCUT2D eigenvalue weighted by Gasteiger charge is 2.26. The SMILES string of the molecule is CCOC(=O)C(C)(C)CC.CCOC(=O)C(C)CC.CCOC(=O)CC.CCOC(=O)CC.CCOC(=O)CC. The summed E-state index contributed by atoms with van der Waals surface area (Å²) in [6, 6.07) is 0. The lowest BCUT2D eigenvalue weighted by Gasteiger charge is -2.19. The van der Waals surface area contributed by atoms with Gasteiger partial charge in [-0.25, -0.2) is 0 Å². The molecule has 0 saturated carbocycles. The number of carbonyl (C=O) groups excluding carboxylic acids is 5. The van der Waals surface area contributed by atoms with Gasteiger partial charge in [-0.1, -0.05) is 41.5 Å². The lowest BCUT2D eigenvalue weighted by molar-refractivity contribution is -0.153. The van der Waals surface area contributed by atoms with Crippen LogP contribution in [0.2, 0.25) is 0 Å². The van der Waals surface area contributed by atoms with E-state index in [4.69, 9.17) is 9.47 Å². The van der Waals surface area contributed by atoms with Crippen molar-refractivity contribution in [2.45, 2.75) is 122 Å². The molecule has 0 aromatic carbocycles. The van der Waals surface area contributed by atoms with Crippen LogP contribution >= 0.6 is 0 Å². The fourth-order valence-electron chi connectivity index (χ4n) is 1.71. The van der Waals surface area contributed by atoms with Gasteiger partial charge in [-0.2, -0.15) is 0 Å². The third-order valence-electron chi connectivity index (χ3n) is 4.80. The van der Waals surface area contributed by atoms with Crippen molar-refractivity contribution >= 4 is 29.8 Å². The van der Waals surface area contributed by atoms with Crippen molar-refractivity contribution in [2.24, 2.45) is 11.3 Å². The van der Waals surface area contributed by atoms with Crippen molar-refractivity contribution in [3.8, 4) is 0 Å². The van der Waals surface area contributed by atoms with E-state index in [1.165, 1.54) is 0 Å². The largest absolute Gasteiger partial charge is 0.466 e. The van der Waals surface area contributed by atoms with E-state index in [-0.39, 0.29) is 41.2 Å². The van der Waals surface area contributed by atoms with Gasteiger partial charge >= 0.3 is 29.8 Å². The third-order valence-corrected chi connectivity index (χ3v) is 4.80. The topological polar surface area (TPSA) is 132 Å². The zero-order chi connectivity index (χ0) is 32.6. The molecule has 0 aliphatic rings. The highest BCUT2D eigenvalue weighted by atomic mass is 16.5. The van der Waals surface area contributed by atoms with Crippen molar-refractivity contribution in [1.82, 2.24) is 0 Å². The minimum absolute atomic E-state index is 0.0601. The smallest absolute Gasteiger partial charge is 0.311 e. The van der Waals surface area contributed by atoms with Crippen LogP contribution < -0.4 is 0 Å². The van der Waals surface area contributed by atoms with Crippen molar-refractivity contribution in [3.05, 3.63) is 0 Å². The zero-order valence-corrected chi connectivity index (χ0v) is 27.7. The van der Waals surface area contributed by atoms with Gasteiger partial charge in [0.15, 0.2) is 0 Å². The first-order valence-corrected chi connectivity index (χ1v) is 14.5. The van der Waals surface area contributed by atoms with Crippen molar-refractivity contribution in [3.63, 3.8) is 0 Å². The van der Waals surface area contributed by atoms with Gasteiger partial charge in [-0.15, -0.1) is 0 Å². The normalized spacial score (nSPS) is 10.0. The predicted molar refractivity (Wildman–Crippen MR) is 158 cm³/mol. The molecule has 0 aliphatic carbocycles. The van der Waals surface area contributed by atoms with E-state index in [1.54, 1.807) is 41.5 Å². The maximum Gasteiger partial charge on any atom is 0.311 e. The summed E-state index contributed by atoms with van der Waals surface area (Å²) in [5.74, 6) is -0.491. The summed E-state index contributed by atoms with van der Waals surface area (Å²) in [5, 5.41) is 0. The molecule has 1 atom stereocenters. The second-order valence-corrected chi connectivity index (χ2v) is 8.49. The number of ether oxygens (including phenoxy) is 5. The van der Waals surface area contributed by atoms with Crippen LogP contribution in [0.5, 0.6) is 0 Å². The Kier molecular flexibility index (Phi) is 40.5. The highest BCUT2D eigenvalue weighted by Crippen LogP contribution is 2.21. The summed E-state index contributed by atoms with van der Waals surface area (Å²) >= 11 is 0. The first-order valence-electron chi connectivity index (χ1n) is 14.5. The van der Waals surface area contributed by atoms with Gasteiger partial charge in [-0.05, 0) is 61.3 Å². The Balaban J connectivity index is -0.000000129.